The molecule has 0 unspecified atom stereocenters. The summed E-state index contributed by atoms with van der Waals surface area (Å²) < 4.78 is 1.19. The third kappa shape index (κ3) is 3.93. The molecule has 0 amide bonds. The molecule has 0 radical (unpaired) electrons. The summed E-state index contributed by atoms with van der Waals surface area (Å²) >= 11 is 3.70. The van der Waals surface area contributed by atoms with Gasteiger partial charge in [0.15, 0.2) is 0 Å². The minimum Gasteiger partial charge on any atom is -0.0654 e. The minimum absolute atomic E-state index is 0.230. The Hall–Kier alpha value is -1.08. The first-order valence-electron chi connectivity index (χ1n) is 10.6. The van der Waals surface area contributed by atoms with E-state index in [-0.39, 0.29) is 5.41 Å². The second-order valence-corrected chi connectivity index (χ2v) is 8.85. The molecule has 0 bridgehead atoms. The molecule has 2 aromatic carbocycles. The Morgan fingerprint density at radius 3 is 1.96 bits per heavy atom. The van der Waals surface area contributed by atoms with Gasteiger partial charge in [0.05, 0.1) is 0 Å². The lowest BCUT2D eigenvalue weighted by Crippen LogP contribution is -2.25. The van der Waals surface area contributed by atoms with Crippen molar-refractivity contribution in [2.45, 2.75) is 83.5 Å². The van der Waals surface area contributed by atoms with Crippen LogP contribution in [0, 0.1) is 0 Å². The molecule has 0 atom stereocenters. The van der Waals surface area contributed by atoms with Crippen molar-refractivity contribution in [1.29, 1.82) is 0 Å². The highest BCUT2D eigenvalue weighted by atomic mass is 79.9. The summed E-state index contributed by atoms with van der Waals surface area (Å²) in [6.45, 7) is 4.61. The zero-order valence-electron chi connectivity index (χ0n) is 16.5. The standard InChI is InChI=1S/C25H33Br/c1-3-5-7-11-17-25(18-12-8-6-4-2)23-14-10-9-13-21(23)22-19-20(26)15-16-24(22)25/h9-10,13-16,19H,3-8,11-12,17-18H2,1-2H3. The number of hydrogen-bond donors (Lipinski definition) is 0. The maximum absolute atomic E-state index is 3.70. The first kappa shape index (κ1) is 19.7. The number of unbranched alkanes of at least 4 members (excludes halogenated alkanes) is 6. The average Bonchev–Trinajstić information content (AvgIpc) is 2.93. The van der Waals surface area contributed by atoms with Crippen molar-refractivity contribution in [3.05, 3.63) is 58.1 Å². The molecule has 0 N–H and O–H groups in total. The summed E-state index contributed by atoms with van der Waals surface area (Å²) in [4.78, 5) is 0. The number of rotatable bonds is 10. The van der Waals surface area contributed by atoms with E-state index in [4.69, 9.17) is 0 Å². The van der Waals surface area contributed by atoms with Gasteiger partial charge in [-0.05, 0) is 47.2 Å². The third-order valence-electron chi connectivity index (χ3n) is 6.14. The summed E-state index contributed by atoms with van der Waals surface area (Å²) in [5.74, 6) is 0. The van der Waals surface area contributed by atoms with Gasteiger partial charge in [-0.3, -0.25) is 0 Å². The molecular formula is C25H33Br. The zero-order valence-corrected chi connectivity index (χ0v) is 18.1. The van der Waals surface area contributed by atoms with Gasteiger partial charge in [-0.2, -0.15) is 0 Å². The van der Waals surface area contributed by atoms with Gasteiger partial charge in [-0.25, -0.2) is 0 Å². The van der Waals surface area contributed by atoms with Crippen LogP contribution < -0.4 is 0 Å². The molecule has 0 nitrogen and oxygen atoms in total. The van der Waals surface area contributed by atoms with E-state index < -0.39 is 0 Å². The molecule has 1 aliphatic carbocycles. The van der Waals surface area contributed by atoms with E-state index in [1.165, 1.54) is 79.8 Å². The second kappa shape index (κ2) is 9.22. The summed E-state index contributed by atoms with van der Waals surface area (Å²) in [5.41, 5.74) is 6.32. The van der Waals surface area contributed by atoms with Crippen molar-refractivity contribution in [1.82, 2.24) is 0 Å². The number of hydrogen-bond acceptors (Lipinski definition) is 0. The predicted molar refractivity (Wildman–Crippen MR) is 118 cm³/mol. The van der Waals surface area contributed by atoms with E-state index >= 15 is 0 Å². The van der Waals surface area contributed by atoms with Gasteiger partial charge < -0.3 is 0 Å². The molecule has 0 fully saturated rings. The van der Waals surface area contributed by atoms with Gasteiger partial charge >= 0.3 is 0 Å². The molecule has 26 heavy (non-hydrogen) atoms. The fourth-order valence-corrected chi connectivity index (χ4v) is 5.17. The van der Waals surface area contributed by atoms with Crippen LogP contribution in [-0.4, -0.2) is 0 Å². The highest BCUT2D eigenvalue weighted by Gasteiger charge is 2.41. The number of halogens is 1. The summed E-state index contributed by atoms with van der Waals surface area (Å²) in [7, 11) is 0. The third-order valence-corrected chi connectivity index (χ3v) is 6.64. The fourth-order valence-electron chi connectivity index (χ4n) is 4.81. The number of benzene rings is 2. The van der Waals surface area contributed by atoms with Crippen molar-refractivity contribution >= 4 is 15.9 Å². The van der Waals surface area contributed by atoms with Crippen LogP contribution in [-0.2, 0) is 5.41 Å². The SMILES string of the molecule is CCCCCCC1(CCCCCC)c2ccccc2-c2cc(Br)ccc21. The van der Waals surface area contributed by atoms with Gasteiger partial charge in [0.1, 0.15) is 0 Å². The Labute approximate surface area is 168 Å². The molecule has 0 saturated carbocycles. The van der Waals surface area contributed by atoms with E-state index in [1.54, 1.807) is 11.1 Å². The monoisotopic (exact) mass is 412 g/mol. The lowest BCUT2D eigenvalue weighted by Gasteiger charge is -2.33. The molecule has 0 aromatic heterocycles. The second-order valence-electron chi connectivity index (χ2n) is 7.94. The van der Waals surface area contributed by atoms with E-state index in [2.05, 4.69) is 72.2 Å². The zero-order chi connectivity index (χ0) is 18.4. The molecule has 3 rings (SSSR count). The highest BCUT2D eigenvalue weighted by Crippen LogP contribution is 2.54. The molecule has 2 aromatic rings. The maximum Gasteiger partial charge on any atom is 0.0215 e. The van der Waals surface area contributed by atoms with Gasteiger partial charge in [0, 0.05) is 9.89 Å². The molecule has 0 saturated heterocycles. The lowest BCUT2D eigenvalue weighted by molar-refractivity contribution is 0.401. The van der Waals surface area contributed by atoms with Gasteiger partial charge in [0.25, 0.3) is 0 Å². The summed E-state index contributed by atoms with van der Waals surface area (Å²) in [6.07, 6.45) is 13.3. The van der Waals surface area contributed by atoms with Crippen molar-refractivity contribution in [3.63, 3.8) is 0 Å². The molecule has 0 spiro atoms. The minimum atomic E-state index is 0.230. The van der Waals surface area contributed by atoms with Crippen molar-refractivity contribution in [3.8, 4) is 11.1 Å². The fraction of sp³-hybridized carbons (Fsp3) is 0.520. The van der Waals surface area contributed by atoms with Crippen molar-refractivity contribution < 1.29 is 0 Å². The Morgan fingerprint density at radius 2 is 1.31 bits per heavy atom. The molecule has 0 aliphatic heterocycles. The van der Waals surface area contributed by atoms with Crippen LogP contribution in [0.15, 0.2) is 46.9 Å². The van der Waals surface area contributed by atoms with E-state index in [0.717, 1.165) is 0 Å². The average molecular weight is 413 g/mol. The summed E-state index contributed by atoms with van der Waals surface area (Å²) in [5, 5.41) is 0. The topological polar surface area (TPSA) is 0 Å². The Bertz CT molecular complexity index is 704. The van der Waals surface area contributed by atoms with Crippen LogP contribution in [0.3, 0.4) is 0 Å². The Kier molecular flexibility index (Phi) is 6.98. The van der Waals surface area contributed by atoms with Crippen LogP contribution in [0.25, 0.3) is 11.1 Å². The first-order chi connectivity index (χ1) is 12.7. The largest absolute Gasteiger partial charge is 0.0654 e. The normalized spacial score (nSPS) is 14.3. The smallest absolute Gasteiger partial charge is 0.0215 e. The van der Waals surface area contributed by atoms with E-state index in [1.807, 2.05) is 0 Å². The maximum atomic E-state index is 3.70. The number of fused-ring (bicyclic) bond motifs is 3. The highest BCUT2D eigenvalue weighted by molar-refractivity contribution is 9.10. The van der Waals surface area contributed by atoms with E-state index in [9.17, 15) is 0 Å². The Balaban J connectivity index is 1.98. The van der Waals surface area contributed by atoms with Crippen LogP contribution in [0.2, 0.25) is 0 Å². The van der Waals surface area contributed by atoms with Crippen LogP contribution >= 0.6 is 15.9 Å². The van der Waals surface area contributed by atoms with Gasteiger partial charge in [0.2, 0.25) is 0 Å². The predicted octanol–water partition coefficient (Wildman–Crippen LogP) is 8.66. The van der Waals surface area contributed by atoms with Crippen LogP contribution in [0.1, 0.15) is 89.2 Å². The van der Waals surface area contributed by atoms with E-state index in [0.29, 0.717) is 0 Å². The van der Waals surface area contributed by atoms with Crippen molar-refractivity contribution in [2.24, 2.45) is 0 Å². The Morgan fingerprint density at radius 1 is 0.692 bits per heavy atom. The summed E-state index contributed by atoms with van der Waals surface area (Å²) in [6, 6.07) is 16.2. The van der Waals surface area contributed by atoms with Gasteiger partial charge in [-0.1, -0.05) is 111 Å². The molecule has 1 heteroatoms. The first-order valence-corrected chi connectivity index (χ1v) is 11.4. The van der Waals surface area contributed by atoms with Crippen LogP contribution in [0.4, 0.5) is 0 Å². The molecule has 1 aliphatic rings. The van der Waals surface area contributed by atoms with Gasteiger partial charge in [-0.15, -0.1) is 0 Å². The van der Waals surface area contributed by atoms with Crippen LogP contribution in [0.5, 0.6) is 0 Å². The van der Waals surface area contributed by atoms with Crippen molar-refractivity contribution in [2.75, 3.05) is 0 Å². The lowest BCUT2D eigenvalue weighted by atomic mass is 9.70. The molecule has 140 valence electrons. The molecule has 0 heterocycles. The quantitative estimate of drug-likeness (QED) is 0.342. The molecular weight excluding hydrogens is 380 g/mol.